The summed E-state index contributed by atoms with van der Waals surface area (Å²) in [7, 11) is 0. The molecule has 0 bridgehead atoms. The third-order valence-corrected chi connectivity index (χ3v) is 6.01. The second-order valence-electron chi connectivity index (χ2n) is 8.04. The SMILES string of the molecule is Cc1[nH]ncc1C(=O)N1CCOC(c2cc(C(=O)N3CCOCC3)c3ccccc3n2)C1. The zero-order chi connectivity index (χ0) is 22.1. The number of nitrogens with one attached hydrogen (secondary N) is 1. The first kappa shape index (κ1) is 20.6. The van der Waals surface area contributed by atoms with E-state index in [-0.39, 0.29) is 11.8 Å². The van der Waals surface area contributed by atoms with Crippen LogP contribution >= 0.6 is 0 Å². The molecule has 5 rings (SSSR count). The predicted octanol–water partition coefficient (Wildman–Crippen LogP) is 1.95. The summed E-state index contributed by atoms with van der Waals surface area (Å²) in [5.74, 6) is -0.124. The Balaban J connectivity index is 1.46. The molecular formula is C23H25N5O4. The molecule has 1 aromatic carbocycles. The average Bonchev–Trinajstić information content (AvgIpc) is 3.28. The molecule has 9 heteroatoms. The van der Waals surface area contributed by atoms with Crippen molar-refractivity contribution in [3.63, 3.8) is 0 Å². The fourth-order valence-electron chi connectivity index (χ4n) is 4.22. The first-order chi connectivity index (χ1) is 15.6. The molecule has 9 nitrogen and oxygen atoms in total. The summed E-state index contributed by atoms with van der Waals surface area (Å²) < 4.78 is 11.4. The number of benzene rings is 1. The van der Waals surface area contributed by atoms with Crippen LogP contribution in [-0.4, -0.2) is 82.8 Å². The number of para-hydroxylation sites is 1. The van der Waals surface area contributed by atoms with E-state index in [0.29, 0.717) is 62.8 Å². The van der Waals surface area contributed by atoms with E-state index in [1.54, 1.807) is 11.1 Å². The highest BCUT2D eigenvalue weighted by Crippen LogP contribution is 2.28. The van der Waals surface area contributed by atoms with E-state index in [0.717, 1.165) is 16.6 Å². The van der Waals surface area contributed by atoms with Gasteiger partial charge in [0.25, 0.3) is 11.8 Å². The summed E-state index contributed by atoms with van der Waals surface area (Å²) in [6.07, 6.45) is 1.14. The molecule has 1 N–H and O–H groups in total. The average molecular weight is 435 g/mol. The van der Waals surface area contributed by atoms with Gasteiger partial charge in [-0.1, -0.05) is 18.2 Å². The van der Waals surface area contributed by atoms with Gasteiger partial charge < -0.3 is 19.3 Å². The standard InChI is InChI=1S/C23H25N5O4/c1-15-18(13-24-26-15)23(30)28-8-11-32-21(14-28)20-12-17(16-4-2-3-5-19(16)25-20)22(29)27-6-9-31-10-7-27/h2-5,12-13,21H,6-11,14H2,1H3,(H,24,26). The largest absolute Gasteiger partial charge is 0.378 e. The summed E-state index contributed by atoms with van der Waals surface area (Å²) >= 11 is 0. The van der Waals surface area contributed by atoms with Gasteiger partial charge >= 0.3 is 0 Å². The van der Waals surface area contributed by atoms with Crippen LogP contribution in [0.1, 0.15) is 38.2 Å². The predicted molar refractivity (Wildman–Crippen MR) is 116 cm³/mol. The van der Waals surface area contributed by atoms with Gasteiger partial charge in [-0.2, -0.15) is 5.10 Å². The number of aromatic amines is 1. The Morgan fingerprint density at radius 2 is 1.78 bits per heavy atom. The summed E-state index contributed by atoms with van der Waals surface area (Å²) in [4.78, 5) is 34.7. The van der Waals surface area contributed by atoms with Gasteiger partial charge in [-0.25, -0.2) is 4.98 Å². The van der Waals surface area contributed by atoms with Gasteiger partial charge in [0.15, 0.2) is 0 Å². The topological polar surface area (TPSA) is 101 Å². The lowest BCUT2D eigenvalue weighted by Gasteiger charge is -2.33. The number of rotatable bonds is 3. The lowest BCUT2D eigenvalue weighted by molar-refractivity contribution is -0.0246. The molecule has 0 saturated carbocycles. The van der Waals surface area contributed by atoms with Crippen LogP contribution in [0.2, 0.25) is 0 Å². The number of ether oxygens (including phenoxy) is 2. The monoisotopic (exact) mass is 435 g/mol. The van der Waals surface area contributed by atoms with Crippen LogP contribution in [0.3, 0.4) is 0 Å². The van der Waals surface area contributed by atoms with Crippen molar-refractivity contribution in [2.24, 2.45) is 0 Å². The number of amides is 2. The highest BCUT2D eigenvalue weighted by Gasteiger charge is 2.30. The van der Waals surface area contributed by atoms with Crippen molar-refractivity contribution in [3.05, 3.63) is 59.0 Å². The summed E-state index contributed by atoms with van der Waals surface area (Å²) in [6.45, 7) is 5.29. The summed E-state index contributed by atoms with van der Waals surface area (Å²) in [6, 6.07) is 9.45. The van der Waals surface area contributed by atoms with Gasteiger partial charge in [-0.05, 0) is 19.1 Å². The van der Waals surface area contributed by atoms with Crippen LogP contribution in [0.4, 0.5) is 0 Å². The number of fused-ring (bicyclic) bond motifs is 1. The molecule has 0 radical (unpaired) electrons. The minimum atomic E-state index is -0.416. The van der Waals surface area contributed by atoms with Gasteiger partial charge in [0.05, 0.1) is 54.9 Å². The number of H-pyrrole nitrogens is 1. The third kappa shape index (κ3) is 3.85. The molecule has 2 amide bonds. The number of nitrogens with zero attached hydrogens (tertiary/aromatic N) is 4. The van der Waals surface area contributed by atoms with Crippen molar-refractivity contribution in [3.8, 4) is 0 Å². The molecule has 2 saturated heterocycles. The van der Waals surface area contributed by atoms with Crippen molar-refractivity contribution in [2.75, 3.05) is 46.0 Å². The maximum absolute atomic E-state index is 13.3. The number of hydrogen-bond donors (Lipinski definition) is 1. The van der Waals surface area contributed by atoms with Crippen molar-refractivity contribution in [1.82, 2.24) is 25.0 Å². The van der Waals surface area contributed by atoms with E-state index in [4.69, 9.17) is 14.5 Å². The lowest BCUT2D eigenvalue weighted by Crippen LogP contribution is -2.43. The highest BCUT2D eigenvalue weighted by molar-refractivity contribution is 6.06. The van der Waals surface area contributed by atoms with Gasteiger partial charge in [0.2, 0.25) is 0 Å². The van der Waals surface area contributed by atoms with Crippen molar-refractivity contribution < 1.29 is 19.1 Å². The Hall–Kier alpha value is -3.30. The molecule has 166 valence electrons. The number of pyridine rings is 1. The first-order valence-electron chi connectivity index (χ1n) is 10.8. The van der Waals surface area contributed by atoms with Gasteiger partial charge in [0.1, 0.15) is 6.10 Å². The van der Waals surface area contributed by atoms with E-state index in [2.05, 4.69) is 10.2 Å². The van der Waals surface area contributed by atoms with E-state index in [9.17, 15) is 9.59 Å². The van der Waals surface area contributed by atoms with Gasteiger partial charge in [-0.15, -0.1) is 0 Å². The minimum absolute atomic E-state index is 0.0362. The van der Waals surface area contributed by atoms with E-state index in [1.807, 2.05) is 42.2 Å². The molecule has 2 aromatic heterocycles. The van der Waals surface area contributed by atoms with Crippen molar-refractivity contribution in [2.45, 2.75) is 13.0 Å². The van der Waals surface area contributed by atoms with Gasteiger partial charge in [0, 0.05) is 30.7 Å². The number of morpholine rings is 2. The van der Waals surface area contributed by atoms with E-state index < -0.39 is 6.10 Å². The Morgan fingerprint density at radius 3 is 2.56 bits per heavy atom. The molecule has 2 aliphatic rings. The molecule has 0 spiro atoms. The maximum Gasteiger partial charge on any atom is 0.257 e. The number of aromatic nitrogens is 3. The highest BCUT2D eigenvalue weighted by atomic mass is 16.5. The number of carbonyl (C=O) groups excluding carboxylic acids is 2. The second-order valence-corrected chi connectivity index (χ2v) is 8.04. The van der Waals surface area contributed by atoms with Crippen LogP contribution < -0.4 is 0 Å². The summed E-state index contributed by atoms with van der Waals surface area (Å²) in [5.41, 5.74) is 3.28. The normalized spacial score (nSPS) is 19.3. The minimum Gasteiger partial charge on any atom is -0.378 e. The molecule has 1 unspecified atom stereocenters. The molecule has 1 atom stereocenters. The molecule has 2 aliphatic heterocycles. The van der Waals surface area contributed by atoms with Crippen molar-refractivity contribution >= 4 is 22.7 Å². The maximum atomic E-state index is 13.3. The van der Waals surface area contributed by atoms with E-state index >= 15 is 0 Å². The van der Waals surface area contributed by atoms with Crippen LogP contribution in [0.5, 0.6) is 0 Å². The molecule has 4 heterocycles. The Bertz CT molecular complexity index is 1150. The fourth-order valence-corrected chi connectivity index (χ4v) is 4.22. The summed E-state index contributed by atoms with van der Waals surface area (Å²) in [5, 5.41) is 7.58. The molecular weight excluding hydrogens is 410 g/mol. The number of carbonyl (C=O) groups is 2. The fraction of sp³-hybridized carbons (Fsp3) is 0.391. The third-order valence-electron chi connectivity index (χ3n) is 6.01. The van der Waals surface area contributed by atoms with Crippen LogP contribution in [0.25, 0.3) is 10.9 Å². The molecule has 32 heavy (non-hydrogen) atoms. The Kier molecular flexibility index (Phi) is 5.59. The van der Waals surface area contributed by atoms with E-state index in [1.165, 1.54) is 0 Å². The quantitative estimate of drug-likeness (QED) is 0.675. The smallest absolute Gasteiger partial charge is 0.257 e. The zero-order valence-corrected chi connectivity index (χ0v) is 17.9. The first-order valence-corrected chi connectivity index (χ1v) is 10.8. The Labute approximate surface area is 185 Å². The van der Waals surface area contributed by atoms with Crippen LogP contribution in [0.15, 0.2) is 36.5 Å². The molecule has 0 aliphatic carbocycles. The van der Waals surface area contributed by atoms with Crippen LogP contribution in [0, 0.1) is 6.92 Å². The van der Waals surface area contributed by atoms with Gasteiger partial charge in [-0.3, -0.25) is 14.7 Å². The lowest BCUT2D eigenvalue weighted by atomic mass is 10.0. The van der Waals surface area contributed by atoms with Crippen molar-refractivity contribution in [1.29, 1.82) is 0 Å². The zero-order valence-electron chi connectivity index (χ0n) is 17.9. The second kappa shape index (κ2) is 8.68. The number of aryl methyl sites for hydroxylation is 1. The molecule has 2 fully saturated rings. The Morgan fingerprint density at radius 1 is 1.03 bits per heavy atom. The number of hydrogen-bond acceptors (Lipinski definition) is 6. The van der Waals surface area contributed by atoms with Crippen LogP contribution in [-0.2, 0) is 9.47 Å². The molecule has 3 aromatic rings.